The number of fused-ring (bicyclic) bond motifs is 3. The molecule has 0 amide bonds. The van der Waals surface area contributed by atoms with Gasteiger partial charge in [-0.15, -0.1) is 0 Å². The number of methoxy groups -OCH3 is 1. The molecule has 1 atom stereocenters. The second kappa shape index (κ2) is 6.66. The highest BCUT2D eigenvalue weighted by atomic mass is 16.6. The summed E-state index contributed by atoms with van der Waals surface area (Å²) in [4.78, 5) is 14.3. The zero-order chi connectivity index (χ0) is 18.3. The Morgan fingerprint density at radius 1 is 1.31 bits per heavy atom. The fourth-order valence-electron chi connectivity index (χ4n) is 3.68. The van der Waals surface area contributed by atoms with E-state index in [1.807, 2.05) is 18.0 Å². The number of aromatic hydroxyl groups is 1. The number of phenolic OH excluding ortho intramolecular Hbond substituents is 1. The Labute approximate surface area is 151 Å². The minimum atomic E-state index is -0.229. The lowest BCUT2D eigenvalue weighted by Gasteiger charge is -2.36. The molecule has 1 aromatic carbocycles. The van der Waals surface area contributed by atoms with Crippen LogP contribution >= 0.6 is 0 Å². The number of rotatable bonds is 3. The average molecular weight is 358 g/mol. The van der Waals surface area contributed by atoms with Gasteiger partial charge in [0.1, 0.15) is 5.82 Å². The Morgan fingerprint density at radius 2 is 2.15 bits per heavy atom. The third kappa shape index (κ3) is 2.73. The molecular weight excluding hydrogens is 336 g/mol. The monoisotopic (exact) mass is 358 g/mol. The molecule has 1 fully saturated rings. The molecule has 1 unspecified atom stereocenters. The molecule has 1 aromatic heterocycles. The van der Waals surface area contributed by atoms with Crippen LogP contribution in [0.15, 0.2) is 29.1 Å². The molecule has 1 N–H and O–H groups in total. The Balaban J connectivity index is 1.82. The van der Waals surface area contributed by atoms with Crippen LogP contribution < -0.4 is 15.1 Å². The molecule has 0 spiro atoms. The number of pyridine rings is 1. The van der Waals surface area contributed by atoms with Crippen LogP contribution in [0.3, 0.4) is 0 Å². The summed E-state index contributed by atoms with van der Waals surface area (Å²) in [5.41, 5.74) is 2.36. The van der Waals surface area contributed by atoms with E-state index in [-0.39, 0.29) is 17.4 Å². The van der Waals surface area contributed by atoms with Gasteiger partial charge < -0.3 is 28.8 Å². The zero-order valence-electron chi connectivity index (χ0n) is 14.9. The van der Waals surface area contributed by atoms with Crippen LogP contribution in [0.2, 0.25) is 0 Å². The highest BCUT2D eigenvalue weighted by molar-refractivity contribution is 5.73. The molecule has 2 aliphatic rings. The Kier molecular flexibility index (Phi) is 4.34. The van der Waals surface area contributed by atoms with Crippen LogP contribution in [0.5, 0.6) is 11.5 Å². The van der Waals surface area contributed by atoms with Crippen molar-refractivity contribution in [2.75, 3.05) is 38.9 Å². The summed E-state index contributed by atoms with van der Waals surface area (Å²) in [6, 6.07) is 6.85. The van der Waals surface area contributed by atoms with Crippen molar-refractivity contribution in [1.82, 2.24) is 4.57 Å². The SMILES string of the molecule is COc1ccc2c(c1O)CCn1c-2cc(=O)cc1N(C)C1COCCO1. The number of anilines is 1. The molecule has 0 radical (unpaired) electrons. The molecule has 26 heavy (non-hydrogen) atoms. The third-order valence-electron chi connectivity index (χ3n) is 5.04. The molecule has 0 aliphatic carbocycles. The van der Waals surface area contributed by atoms with Crippen molar-refractivity contribution in [3.8, 4) is 22.8 Å². The summed E-state index contributed by atoms with van der Waals surface area (Å²) < 4.78 is 18.6. The lowest BCUT2D eigenvalue weighted by molar-refractivity contribution is -0.0869. The van der Waals surface area contributed by atoms with Crippen molar-refractivity contribution in [1.29, 1.82) is 0 Å². The molecule has 2 aliphatic heterocycles. The van der Waals surface area contributed by atoms with Crippen molar-refractivity contribution in [2.24, 2.45) is 0 Å². The fourth-order valence-corrected chi connectivity index (χ4v) is 3.68. The second-order valence-electron chi connectivity index (χ2n) is 6.49. The van der Waals surface area contributed by atoms with Gasteiger partial charge in [-0.05, 0) is 18.6 Å². The van der Waals surface area contributed by atoms with Gasteiger partial charge in [0.15, 0.2) is 23.2 Å². The fraction of sp³-hybridized carbons (Fsp3) is 0.421. The predicted molar refractivity (Wildman–Crippen MR) is 97.0 cm³/mol. The normalized spacial score (nSPS) is 18.8. The largest absolute Gasteiger partial charge is 0.504 e. The number of nitrogens with zero attached hydrogens (tertiary/aromatic N) is 2. The van der Waals surface area contributed by atoms with E-state index in [1.54, 1.807) is 18.2 Å². The topological polar surface area (TPSA) is 73.2 Å². The number of ether oxygens (including phenoxy) is 3. The summed E-state index contributed by atoms with van der Waals surface area (Å²) >= 11 is 0. The number of likely N-dealkylation sites (N-methyl/N-ethyl adjacent to an activating group) is 1. The van der Waals surface area contributed by atoms with Gasteiger partial charge >= 0.3 is 0 Å². The summed E-state index contributed by atoms with van der Waals surface area (Å²) in [6.45, 7) is 2.24. The molecule has 7 heteroatoms. The molecule has 4 rings (SSSR count). The lowest BCUT2D eigenvalue weighted by Crippen LogP contribution is -2.44. The molecule has 138 valence electrons. The van der Waals surface area contributed by atoms with Crippen molar-refractivity contribution in [2.45, 2.75) is 19.2 Å². The van der Waals surface area contributed by atoms with Gasteiger partial charge in [0.05, 0.1) is 32.6 Å². The number of hydrogen-bond donors (Lipinski definition) is 1. The zero-order valence-corrected chi connectivity index (χ0v) is 14.9. The standard InChI is InChI=1S/C19H22N2O5/c1-20(18-11-25-7-8-26-18)17-10-12(22)9-15-13-3-4-16(24-2)19(23)14(13)5-6-21(15)17/h3-4,9-10,18,23H,5-8,11H2,1-2H3. The highest BCUT2D eigenvalue weighted by Gasteiger charge is 2.27. The Hall–Kier alpha value is -2.51. The van der Waals surface area contributed by atoms with Gasteiger partial charge in [-0.3, -0.25) is 4.79 Å². The van der Waals surface area contributed by atoms with E-state index in [0.717, 1.165) is 22.6 Å². The van der Waals surface area contributed by atoms with Gasteiger partial charge in [0, 0.05) is 36.9 Å². The van der Waals surface area contributed by atoms with Crippen LogP contribution in [-0.4, -0.2) is 49.9 Å². The third-order valence-corrected chi connectivity index (χ3v) is 5.04. The van der Waals surface area contributed by atoms with Gasteiger partial charge in [-0.25, -0.2) is 0 Å². The quantitative estimate of drug-likeness (QED) is 0.898. The number of aromatic nitrogens is 1. The first-order valence-corrected chi connectivity index (χ1v) is 8.66. The number of benzene rings is 1. The van der Waals surface area contributed by atoms with Gasteiger partial charge in [-0.2, -0.15) is 0 Å². The first-order valence-electron chi connectivity index (χ1n) is 8.66. The van der Waals surface area contributed by atoms with Crippen molar-refractivity contribution in [3.63, 3.8) is 0 Å². The van der Waals surface area contributed by atoms with Crippen LogP contribution in [0.4, 0.5) is 5.82 Å². The van der Waals surface area contributed by atoms with E-state index in [1.165, 1.54) is 7.11 Å². The van der Waals surface area contributed by atoms with Gasteiger partial charge in [0.2, 0.25) is 0 Å². The predicted octanol–water partition coefficient (Wildman–Crippen LogP) is 1.59. The van der Waals surface area contributed by atoms with E-state index in [2.05, 4.69) is 4.57 Å². The van der Waals surface area contributed by atoms with E-state index >= 15 is 0 Å². The summed E-state index contributed by atoms with van der Waals surface area (Å²) in [6.07, 6.45) is 0.421. The van der Waals surface area contributed by atoms with Gasteiger partial charge in [-0.1, -0.05) is 0 Å². The summed E-state index contributed by atoms with van der Waals surface area (Å²) in [5, 5.41) is 10.5. The van der Waals surface area contributed by atoms with E-state index in [9.17, 15) is 9.90 Å². The minimum Gasteiger partial charge on any atom is -0.504 e. The molecule has 1 saturated heterocycles. The molecule has 0 saturated carbocycles. The van der Waals surface area contributed by atoms with Crippen LogP contribution in [-0.2, 0) is 22.4 Å². The first kappa shape index (κ1) is 16.9. The molecule has 7 nitrogen and oxygen atoms in total. The van der Waals surface area contributed by atoms with Crippen LogP contribution in [0.25, 0.3) is 11.3 Å². The summed E-state index contributed by atoms with van der Waals surface area (Å²) in [5.74, 6) is 1.37. The van der Waals surface area contributed by atoms with Crippen molar-refractivity contribution >= 4 is 5.82 Å². The maximum atomic E-state index is 12.4. The number of phenols is 1. The Bertz CT molecular complexity index is 886. The maximum Gasteiger partial charge on any atom is 0.184 e. The minimum absolute atomic E-state index is 0.0852. The number of hydrogen-bond acceptors (Lipinski definition) is 6. The average Bonchev–Trinajstić information content (AvgIpc) is 2.67. The lowest BCUT2D eigenvalue weighted by atomic mass is 9.95. The van der Waals surface area contributed by atoms with Crippen molar-refractivity contribution in [3.05, 3.63) is 40.1 Å². The first-order chi connectivity index (χ1) is 12.6. The highest BCUT2D eigenvalue weighted by Crippen LogP contribution is 2.41. The van der Waals surface area contributed by atoms with E-state index < -0.39 is 0 Å². The Morgan fingerprint density at radius 3 is 2.88 bits per heavy atom. The summed E-state index contributed by atoms with van der Waals surface area (Å²) in [7, 11) is 3.43. The molecule has 2 aromatic rings. The molecule has 3 heterocycles. The molecule has 0 bridgehead atoms. The second-order valence-corrected chi connectivity index (χ2v) is 6.49. The maximum absolute atomic E-state index is 12.4. The van der Waals surface area contributed by atoms with E-state index in [4.69, 9.17) is 14.2 Å². The molecular formula is C19H22N2O5. The van der Waals surface area contributed by atoms with Gasteiger partial charge in [0.25, 0.3) is 0 Å². The van der Waals surface area contributed by atoms with Crippen LogP contribution in [0.1, 0.15) is 5.56 Å². The van der Waals surface area contributed by atoms with E-state index in [0.29, 0.717) is 38.5 Å². The van der Waals surface area contributed by atoms with Crippen LogP contribution in [0, 0.1) is 0 Å². The van der Waals surface area contributed by atoms with Crippen molar-refractivity contribution < 1.29 is 19.3 Å². The smallest absolute Gasteiger partial charge is 0.184 e.